The predicted octanol–water partition coefficient (Wildman–Crippen LogP) is 4.84. The van der Waals surface area contributed by atoms with Crippen molar-refractivity contribution in [3.05, 3.63) is 70.9 Å². The Kier molecular flexibility index (Phi) is 3.27. The number of benzene rings is 2. The molecule has 1 unspecified atom stereocenters. The van der Waals surface area contributed by atoms with E-state index in [1.165, 1.54) is 41.3 Å². The first-order valence-corrected chi connectivity index (χ1v) is 9.21. The number of nitrogens with zero attached hydrogens (tertiary/aromatic N) is 2. The van der Waals surface area contributed by atoms with Crippen LogP contribution in [0.1, 0.15) is 41.3 Å². The SMILES string of the molecule is Cc1ccc2c(c1)c1c3n2CCN(Cc2ccccc2)C3CCC1. The van der Waals surface area contributed by atoms with Gasteiger partial charge in [0, 0.05) is 36.2 Å². The number of hydrogen-bond acceptors (Lipinski definition) is 1. The van der Waals surface area contributed by atoms with Crippen molar-refractivity contribution in [3.8, 4) is 0 Å². The topological polar surface area (TPSA) is 8.17 Å². The van der Waals surface area contributed by atoms with Gasteiger partial charge in [0.05, 0.1) is 6.04 Å². The van der Waals surface area contributed by atoms with Crippen LogP contribution in [0.3, 0.4) is 0 Å². The van der Waals surface area contributed by atoms with Crippen molar-refractivity contribution >= 4 is 10.9 Å². The Hall–Kier alpha value is -2.06. The van der Waals surface area contributed by atoms with Crippen LogP contribution in [0.25, 0.3) is 10.9 Å². The van der Waals surface area contributed by atoms with Gasteiger partial charge in [-0.1, -0.05) is 42.0 Å². The summed E-state index contributed by atoms with van der Waals surface area (Å²) in [7, 11) is 0. The van der Waals surface area contributed by atoms with Crippen molar-refractivity contribution in [2.24, 2.45) is 0 Å². The molecule has 0 bridgehead atoms. The molecule has 1 aromatic heterocycles. The van der Waals surface area contributed by atoms with E-state index in [1.54, 1.807) is 11.3 Å². The Morgan fingerprint density at radius 3 is 2.79 bits per heavy atom. The van der Waals surface area contributed by atoms with E-state index in [9.17, 15) is 0 Å². The van der Waals surface area contributed by atoms with Gasteiger partial charge < -0.3 is 4.57 Å². The Bertz CT molecular complexity index is 891. The summed E-state index contributed by atoms with van der Waals surface area (Å²) in [5.74, 6) is 0. The van der Waals surface area contributed by atoms with Gasteiger partial charge in [0.25, 0.3) is 0 Å². The molecule has 2 aromatic carbocycles. The fraction of sp³-hybridized carbons (Fsp3) is 0.364. The van der Waals surface area contributed by atoms with Crippen LogP contribution in [0.5, 0.6) is 0 Å². The molecule has 2 heteroatoms. The highest BCUT2D eigenvalue weighted by Gasteiger charge is 2.34. The standard InChI is InChI=1S/C22H24N2/c1-16-10-11-20-19(14-16)18-8-5-9-21-22(18)24(20)13-12-23(21)15-17-6-3-2-4-7-17/h2-4,6-7,10-11,14,21H,5,8-9,12-13,15H2,1H3. The zero-order chi connectivity index (χ0) is 16.1. The molecule has 5 rings (SSSR count). The van der Waals surface area contributed by atoms with E-state index in [0.29, 0.717) is 6.04 Å². The third kappa shape index (κ3) is 2.13. The molecule has 3 aromatic rings. The molecule has 0 radical (unpaired) electrons. The van der Waals surface area contributed by atoms with Crippen LogP contribution < -0.4 is 0 Å². The monoisotopic (exact) mass is 316 g/mol. The maximum absolute atomic E-state index is 2.71. The van der Waals surface area contributed by atoms with Crippen LogP contribution in [0, 0.1) is 6.92 Å². The summed E-state index contributed by atoms with van der Waals surface area (Å²) in [5, 5.41) is 1.51. The molecule has 0 spiro atoms. The first-order valence-electron chi connectivity index (χ1n) is 9.21. The minimum absolute atomic E-state index is 0.593. The Morgan fingerprint density at radius 1 is 1.04 bits per heavy atom. The number of rotatable bonds is 2. The summed E-state index contributed by atoms with van der Waals surface area (Å²) in [4.78, 5) is 2.71. The van der Waals surface area contributed by atoms with Crippen LogP contribution >= 0.6 is 0 Å². The second-order valence-electron chi connectivity index (χ2n) is 7.40. The van der Waals surface area contributed by atoms with Gasteiger partial charge in [-0.15, -0.1) is 0 Å². The Balaban J connectivity index is 1.60. The third-order valence-corrected chi connectivity index (χ3v) is 5.87. The quantitative estimate of drug-likeness (QED) is 0.656. The van der Waals surface area contributed by atoms with E-state index in [1.807, 2.05) is 0 Å². The lowest BCUT2D eigenvalue weighted by atomic mass is 9.89. The molecule has 2 aliphatic rings. The molecular weight excluding hydrogens is 292 g/mol. The molecule has 24 heavy (non-hydrogen) atoms. The third-order valence-electron chi connectivity index (χ3n) is 5.87. The second kappa shape index (κ2) is 5.49. The summed E-state index contributed by atoms with van der Waals surface area (Å²) in [6, 6.07) is 18.6. The van der Waals surface area contributed by atoms with Crippen LogP contribution in [-0.4, -0.2) is 16.0 Å². The first kappa shape index (κ1) is 14.3. The number of aromatic nitrogens is 1. The van der Waals surface area contributed by atoms with Crippen molar-refractivity contribution in [2.75, 3.05) is 6.54 Å². The fourth-order valence-electron chi connectivity index (χ4n) is 4.80. The minimum atomic E-state index is 0.593. The highest BCUT2D eigenvalue weighted by Crippen LogP contribution is 2.43. The van der Waals surface area contributed by atoms with Crippen LogP contribution in [-0.2, 0) is 19.5 Å². The maximum atomic E-state index is 2.71. The normalized spacial score (nSPS) is 20.3. The highest BCUT2D eigenvalue weighted by atomic mass is 15.2. The summed E-state index contributed by atoms with van der Waals surface area (Å²) in [5.41, 5.74) is 7.51. The lowest BCUT2D eigenvalue weighted by Gasteiger charge is -2.40. The van der Waals surface area contributed by atoms with Gasteiger partial charge in [0.15, 0.2) is 0 Å². The molecule has 0 saturated heterocycles. The predicted molar refractivity (Wildman–Crippen MR) is 99.2 cm³/mol. The molecule has 0 N–H and O–H groups in total. The maximum Gasteiger partial charge on any atom is 0.0508 e. The number of hydrogen-bond donors (Lipinski definition) is 0. The Morgan fingerprint density at radius 2 is 1.92 bits per heavy atom. The second-order valence-corrected chi connectivity index (χ2v) is 7.40. The number of fused-ring (bicyclic) bond motifs is 3. The minimum Gasteiger partial charge on any atom is -0.342 e. The lowest BCUT2D eigenvalue weighted by molar-refractivity contribution is 0.133. The van der Waals surface area contributed by atoms with E-state index < -0.39 is 0 Å². The molecule has 122 valence electrons. The lowest BCUT2D eigenvalue weighted by Crippen LogP contribution is -2.39. The average molecular weight is 316 g/mol. The van der Waals surface area contributed by atoms with Crippen LogP contribution in [0.15, 0.2) is 48.5 Å². The van der Waals surface area contributed by atoms with Gasteiger partial charge in [0.1, 0.15) is 0 Å². The molecule has 1 aliphatic heterocycles. The molecule has 2 nitrogen and oxygen atoms in total. The van der Waals surface area contributed by atoms with Gasteiger partial charge in [-0.05, 0) is 49.4 Å². The van der Waals surface area contributed by atoms with Gasteiger partial charge in [-0.2, -0.15) is 0 Å². The van der Waals surface area contributed by atoms with Gasteiger partial charge in [-0.3, -0.25) is 4.90 Å². The zero-order valence-corrected chi connectivity index (χ0v) is 14.3. The summed E-state index contributed by atoms with van der Waals surface area (Å²) < 4.78 is 2.62. The van der Waals surface area contributed by atoms with Crippen molar-refractivity contribution < 1.29 is 0 Å². The molecule has 0 fully saturated rings. The van der Waals surface area contributed by atoms with E-state index in [2.05, 4.69) is 64.9 Å². The average Bonchev–Trinajstić information content (AvgIpc) is 2.93. The molecule has 2 heterocycles. The molecular formula is C22H24N2. The molecule has 1 aliphatic carbocycles. The van der Waals surface area contributed by atoms with Crippen LogP contribution in [0.2, 0.25) is 0 Å². The fourth-order valence-corrected chi connectivity index (χ4v) is 4.80. The van der Waals surface area contributed by atoms with Gasteiger partial charge in [0.2, 0.25) is 0 Å². The number of aryl methyl sites for hydroxylation is 2. The van der Waals surface area contributed by atoms with Crippen LogP contribution in [0.4, 0.5) is 0 Å². The van der Waals surface area contributed by atoms with Crippen molar-refractivity contribution in [1.82, 2.24) is 9.47 Å². The van der Waals surface area contributed by atoms with Gasteiger partial charge in [-0.25, -0.2) is 0 Å². The van der Waals surface area contributed by atoms with E-state index in [4.69, 9.17) is 0 Å². The largest absolute Gasteiger partial charge is 0.342 e. The zero-order valence-electron chi connectivity index (χ0n) is 14.3. The van der Waals surface area contributed by atoms with Crippen molar-refractivity contribution in [3.63, 3.8) is 0 Å². The van der Waals surface area contributed by atoms with Crippen molar-refractivity contribution in [1.29, 1.82) is 0 Å². The Labute approximate surface area is 143 Å². The van der Waals surface area contributed by atoms with Gasteiger partial charge >= 0.3 is 0 Å². The summed E-state index contributed by atoms with van der Waals surface area (Å²) >= 11 is 0. The van der Waals surface area contributed by atoms with Crippen molar-refractivity contribution in [2.45, 2.75) is 45.3 Å². The molecule has 1 atom stereocenters. The highest BCUT2D eigenvalue weighted by molar-refractivity contribution is 5.87. The van der Waals surface area contributed by atoms with E-state index in [0.717, 1.165) is 19.6 Å². The molecule has 0 amide bonds. The summed E-state index contributed by atoms with van der Waals surface area (Å²) in [6.45, 7) is 5.57. The molecule has 0 saturated carbocycles. The summed E-state index contributed by atoms with van der Waals surface area (Å²) in [6.07, 6.45) is 3.86. The van der Waals surface area contributed by atoms with E-state index >= 15 is 0 Å². The first-order chi connectivity index (χ1) is 11.8. The smallest absolute Gasteiger partial charge is 0.0508 e. The van der Waals surface area contributed by atoms with E-state index in [-0.39, 0.29) is 0 Å².